The molecular formula is C22H17ClN4O4S. The van der Waals surface area contributed by atoms with E-state index in [0.29, 0.717) is 21.5 Å². The van der Waals surface area contributed by atoms with Crippen LogP contribution < -0.4 is 15.6 Å². The zero-order valence-electron chi connectivity index (χ0n) is 16.5. The topological polar surface area (TPSA) is 110 Å². The molecule has 0 aliphatic heterocycles. The zero-order chi connectivity index (χ0) is 22.7. The molecule has 0 saturated heterocycles. The van der Waals surface area contributed by atoms with E-state index in [1.165, 1.54) is 24.4 Å². The van der Waals surface area contributed by atoms with Gasteiger partial charge in [0.15, 0.2) is 0 Å². The van der Waals surface area contributed by atoms with Crippen LogP contribution in [-0.2, 0) is 21.4 Å². The van der Waals surface area contributed by atoms with Crippen LogP contribution in [0.5, 0.6) is 0 Å². The van der Waals surface area contributed by atoms with Gasteiger partial charge >= 0.3 is 0 Å². The number of aromatic nitrogens is 2. The fourth-order valence-electron chi connectivity index (χ4n) is 3.05. The Bertz CT molecular complexity index is 1470. The summed E-state index contributed by atoms with van der Waals surface area (Å²) in [5.74, 6) is -0.518. The van der Waals surface area contributed by atoms with Crippen LogP contribution >= 0.6 is 11.6 Å². The first-order chi connectivity index (χ1) is 15.3. The number of hydrogen-bond donors (Lipinski definition) is 2. The van der Waals surface area contributed by atoms with Crippen molar-refractivity contribution >= 4 is 49.7 Å². The molecule has 0 radical (unpaired) electrons. The van der Waals surface area contributed by atoms with E-state index in [0.717, 1.165) is 4.68 Å². The first-order valence-corrected chi connectivity index (χ1v) is 11.3. The number of rotatable bonds is 6. The molecule has 0 bridgehead atoms. The number of hydrogen-bond acceptors (Lipinski definition) is 5. The van der Waals surface area contributed by atoms with Crippen LogP contribution in [0.1, 0.15) is 0 Å². The Balaban J connectivity index is 1.50. The van der Waals surface area contributed by atoms with Crippen molar-refractivity contribution < 1.29 is 13.2 Å². The molecule has 0 aliphatic carbocycles. The summed E-state index contributed by atoms with van der Waals surface area (Å²) in [6, 6.07) is 19.0. The fourth-order valence-corrected chi connectivity index (χ4v) is 4.28. The molecule has 0 spiro atoms. The number of sulfonamides is 1. The SMILES string of the molecule is O=C(Cn1ncc2ccccc2c1=O)Nc1cccc(S(=O)(=O)Nc2ccc(Cl)cc2)c1. The van der Waals surface area contributed by atoms with E-state index in [4.69, 9.17) is 11.6 Å². The molecule has 0 unspecified atom stereocenters. The van der Waals surface area contributed by atoms with Crippen LogP contribution in [0.2, 0.25) is 5.02 Å². The third-order valence-corrected chi connectivity index (χ3v) is 6.21. The second-order valence-electron chi connectivity index (χ2n) is 6.88. The standard InChI is InChI=1S/C22H17ClN4O4S/c23-16-8-10-17(11-9-16)26-32(30,31)19-6-3-5-18(12-19)25-21(28)14-27-22(29)20-7-2-1-4-15(20)13-24-27/h1-13,26H,14H2,(H,25,28). The molecule has 32 heavy (non-hydrogen) atoms. The van der Waals surface area contributed by atoms with E-state index in [1.807, 2.05) is 0 Å². The summed E-state index contributed by atoms with van der Waals surface area (Å²) in [5, 5.41) is 8.25. The van der Waals surface area contributed by atoms with Crippen LogP contribution in [0.4, 0.5) is 11.4 Å². The van der Waals surface area contributed by atoms with Gasteiger partial charge in [-0.2, -0.15) is 5.10 Å². The summed E-state index contributed by atoms with van der Waals surface area (Å²) in [4.78, 5) is 25.0. The highest BCUT2D eigenvalue weighted by Gasteiger charge is 2.16. The Kier molecular flexibility index (Phi) is 5.93. The molecule has 0 saturated carbocycles. The lowest BCUT2D eigenvalue weighted by atomic mass is 10.2. The number of anilines is 2. The molecule has 1 amide bonds. The average Bonchev–Trinajstić information content (AvgIpc) is 2.77. The van der Waals surface area contributed by atoms with Crippen LogP contribution in [0, 0.1) is 0 Å². The average molecular weight is 469 g/mol. The number of benzene rings is 3. The minimum atomic E-state index is -3.89. The second-order valence-corrected chi connectivity index (χ2v) is 9.00. The fraction of sp³-hybridized carbons (Fsp3) is 0.0455. The third-order valence-electron chi connectivity index (χ3n) is 4.58. The lowest BCUT2D eigenvalue weighted by Gasteiger charge is -2.11. The van der Waals surface area contributed by atoms with Gasteiger partial charge in [-0.3, -0.25) is 14.3 Å². The molecule has 10 heteroatoms. The number of carbonyl (C=O) groups excluding carboxylic acids is 1. The first-order valence-electron chi connectivity index (χ1n) is 9.45. The second kappa shape index (κ2) is 8.81. The van der Waals surface area contributed by atoms with Crippen molar-refractivity contribution in [3.63, 3.8) is 0 Å². The van der Waals surface area contributed by atoms with Crippen molar-refractivity contribution in [1.29, 1.82) is 0 Å². The van der Waals surface area contributed by atoms with E-state index in [-0.39, 0.29) is 22.7 Å². The third kappa shape index (κ3) is 4.79. The molecule has 4 rings (SSSR count). The van der Waals surface area contributed by atoms with Gasteiger partial charge in [0.25, 0.3) is 15.6 Å². The van der Waals surface area contributed by atoms with Gasteiger partial charge in [0.05, 0.1) is 16.5 Å². The van der Waals surface area contributed by atoms with Crippen molar-refractivity contribution in [2.75, 3.05) is 10.0 Å². The monoisotopic (exact) mass is 468 g/mol. The molecule has 0 fully saturated rings. The Hall–Kier alpha value is -3.69. The molecule has 0 atom stereocenters. The van der Waals surface area contributed by atoms with Gasteiger partial charge in [0.1, 0.15) is 6.54 Å². The molecule has 1 aromatic heterocycles. The van der Waals surface area contributed by atoms with Gasteiger partial charge < -0.3 is 5.32 Å². The van der Waals surface area contributed by atoms with E-state index in [9.17, 15) is 18.0 Å². The number of carbonyl (C=O) groups is 1. The zero-order valence-corrected chi connectivity index (χ0v) is 18.1. The Morgan fingerprint density at radius 3 is 2.50 bits per heavy atom. The number of nitrogens with zero attached hydrogens (tertiary/aromatic N) is 2. The minimum absolute atomic E-state index is 0.0359. The maximum absolute atomic E-state index is 12.7. The van der Waals surface area contributed by atoms with E-state index < -0.39 is 15.9 Å². The molecule has 4 aromatic rings. The summed E-state index contributed by atoms with van der Waals surface area (Å²) in [6.45, 7) is -0.316. The van der Waals surface area contributed by atoms with Gasteiger partial charge in [0.2, 0.25) is 5.91 Å². The van der Waals surface area contributed by atoms with Crippen molar-refractivity contribution in [3.05, 3.63) is 94.4 Å². The van der Waals surface area contributed by atoms with E-state index >= 15 is 0 Å². The maximum Gasteiger partial charge on any atom is 0.275 e. The van der Waals surface area contributed by atoms with Gasteiger partial charge in [-0.15, -0.1) is 0 Å². The summed E-state index contributed by atoms with van der Waals surface area (Å²) < 4.78 is 28.9. The summed E-state index contributed by atoms with van der Waals surface area (Å²) in [6.07, 6.45) is 1.51. The minimum Gasteiger partial charge on any atom is -0.324 e. The Morgan fingerprint density at radius 2 is 1.72 bits per heavy atom. The van der Waals surface area contributed by atoms with Crippen LogP contribution in [0.3, 0.4) is 0 Å². The molecular weight excluding hydrogens is 452 g/mol. The molecule has 162 valence electrons. The number of amides is 1. The number of fused-ring (bicyclic) bond motifs is 1. The smallest absolute Gasteiger partial charge is 0.275 e. The van der Waals surface area contributed by atoms with Gasteiger partial charge in [0, 0.05) is 21.8 Å². The molecule has 0 aliphatic rings. The number of halogens is 1. The predicted molar refractivity (Wildman–Crippen MR) is 123 cm³/mol. The Morgan fingerprint density at radius 1 is 0.969 bits per heavy atom. The van der Waals surface area contributed by atoms with Crippen LogP contribution in [-0.4, -0.2) is 24.1 Å². The highest BCUT2D eigenvalue weighted by molar-refractivity contribution is 7.92. The normalized spacial score (nSPS) is 11.3. The van der Waals surface area contributed by atoms with Crippen LogP contribution in [0.25, 0.3) is 10.8 Å². The molecule has 1 heterocycles. The van der Waals surface area contributed by atoms with Gasteiger partial charge in [-0.05, 0) is 48.5 Å². The first kappa shape index (κ1) is 21.5. The maximum atomic E-state index is 12.7. The molecule has 3 aromatic carbocycles. The van der Waals surface area contributed by atoms with Crippen molar-refractivity contribution in [2.24, 2.45) is 0 Å². The summed E-state index contributed by atoms with van der Waals surface area (Å²) in [7, 11) is -3.89. The highest BCUT2D eigenvalue weighted by Crippen LogP contribution is 2.20. The number of nitrogens with one attached hydrogen (secondary N) is 2. The van der Waals surface area contributed by atoms with Gasteiger partial charge in [-0.1, -0.05) is 35.9 Å². The lowest BCUT2D eigenvalue weighted by molar-refractivity contribution is -0.117. The Labute approximate surface area is 188 Å². The summed E-state index contributed by atoms with van der Waals surface area (Å²) >= 11 is 5.82. The van der Waals surface area contributed by atoms with E-state index in [2.05, 4.69) is 15.1 Å². The van der Waals surface area contributed by atoms with Gasteiger partial charge in [-0.25, -0.2) is 13.1 Å². The van der Waals surface area contributed by atoms with E-state index in [1.54, 1.807) is 54.6 Å². The van der Waals surface area contributed by atoms with Crippen molar-refractivity contribution in [3.8, 4) is 0 Å². The predicted octanol–water partition coefficient (Wildman–Crippen LogP) is 3.49. The van der Waals surface area contributed by atoms with Crippen molar-refractivity contribution in [1.82, 2.24) is 9.78 Å². The van der Waals surface area contributed by atoms with Crippen LogP contribution in [0.15, 0.2) is 88.7 Å². The molecule has 2 N–H and O–H groups in total. The largest absolute Gasteiger partial charge is 0.324 e. The van der Waals surface area contributed by atoms with Crippen molar-refractivity contribution in [2.45, 2.75) is 11.4 Å². The summed E-state index contributed by atoms with van der Waals surface area (Å²) in [5.41, 5.74) is 0.232. The quantitative estimate of drug-likeness (QED) is 0.450. The molecule has 8 nitrogen and oxygen atoms in total. The lowest BCUT2D eigenvalue weighted by Crippen LogP contribution is -2.29. The highest BCUT2D eigenvalue weighted by atomic mass is 35.5.